The Morgan fingerprint density at radius 2 is 1.96 bits per heavy atom. The van der Waals surface area contributed by atoms with Gasteiger partial charge in [-0.2, -0.15) is 13.2 Å². The molecule has 0 unspecified atom stereocenters. The highest BCUT2D eigenvalue weighted by Crippen LogP contribution is 2.47. The summed E-state index contributed by atoms with van der Waals surface area (Å²) in [5.41, 5.74) is 6.35. The average molecular weight is 326 g/mol. The number of rotatable bonds is 5. The number of nitrogens with zero attached hydrogens (tertiary/aromatic N) is 1. The van der Waals surface area contributed by atoms with Crippen LogP contribution in [0.1, 0.15) is 44.2 Å². The first-order valence-corrected chi connectivity index (χ1v) is 7.88. The van der Waals surface area contributed by atoms with E-state index in [2.05, 4.69) is 20.4 Å². The van der Waals surface area contributed by atoms with E-state index < -0.39 is 11.7 Å². The minimum atomic E-state index is -4.42. The van der Waals surface area contributed by atoms with E-state index in [1.165, 1.54) is 0 Å². The average Bonchev–Trinajstić information content (AvgIpc) is 2.40. The zero-order valence-electron chi connectivity index (χ0n) is 14.0. The molecule has 0 aromatic heterocycles. The SMILES string of the molecule is C=CCCc1cc(N)cc(C(F)(F)F)c1N(C)C1CC(C)(C)C1. The van der Waals surface area contributed by atoms with Gasteiger partial charge in [0.2, 0.25) is 0 Å². The molecule has 0 radical (unpaired) electrons. The molecule has 0 atom stereocenters. The van der Waals surface area contributed by atoms with Gasteiger partial charge in [-0.05, 0) is 48.8 Å². The molecule has 0 aliphatic heterocycles. The number of halogens is 3. The van der Waals surface area contributed by atoms with E-state index in [0.29, 0.717) is 18.4 Å². The van der Waals surface area contributed by atoms with Crippen LogP contribution in [-0.4, -0.2) is 13.1 Å². The van der Waals surface area contributed by atoms with Crippen LogP contribution >= 0.6 is 0 Å². The Hall–Kier alpha value is -1.65. The zero-order chi connectivity index (χ0) is 17.4. The molecule has 1 aliphatic rings. The highest BCUT2D eigenvalue weighted by Gasteiger charge is 2.42. The lowest BCUT2D eigenvalue weighted by Gasteiger charge is -2.48. The lowest BCUT2D eigenvalue weighted by Crippen LogP contribution is -2.47. The van der Waals surface area contributed by atoms with E-state index in [0.717, 1.165) is 18.9 Å². The Labute approximate surface area is 136 Å². The number of anilines is 2. The number of hydrogen-bond donors (Lipinski definition) is 1. The van der Waals surface area contributed by atoms with Gasteiger partial charge >= 0.3 is 6.18 Å². The van der Waals surface area contributed by atoms with Gasteiger partial charge in [-0.25, -0.2) is 0 Å². The van der Waals surface area contributed by atoms with Gasteiger partial charge < -0.3 is 10.6 Å². The van der Waals surface area contributed by atoms with Crippen molar-refractivity contribution in [2.75, 3.05) is 17.7 Å². The van der Waals surface area contributed by atoms with Crippen molar-refractivity contribution < 1.29 is 13.2 Å². The van der Waals surface area contributed by atoms with Gasteiger partial charge in [-0.15, -0.1) is 6.58 Å². The second-order valence-electron chi connectivity index (χ2n) is 7.24. The molecule has 0 heterocycles. The van der Waals surface area contributed by atoms with Gasteiger partial charge in [0.05, 0.1) is 11.3 Å². The molecule has 1 aromatic carbocycles. The normalized spacial score (nSPS) is 17.7. The molecule has 2 nitrogen and oxygen atoms in total. The third-order valence-corrected chi connectivity index (χ3v) is 4.61. The van der Waals surface area contributed by atoms with E-state index in [1.807, 2.05) is 0 Å². The predicted octanol–water partition coefficient (Wildman–Crippen LogP) is 5.03. The molecule has 0 bridgehead atoms. The fourth-order valence-corrected chi connectivity index (χ4v) is 3.47. The lowest BCUT2D eigenvalue weighted by molar-refractivity contribution is -0.137. The summed E-state index contributed by atoms with van der Waals surface area (Å²) in [5.74, 6) is 0. The van der Waals surface area contributed by atoms with Crippen molar-refractivity contribution in [1.82, 2.24) is 0 Å². The molecule has 0 spiro atoms. The first kappa shape index (κ1) is 17.7. The number of allylic oxidation sites excluding steroid dienone is 1. The van der Waals surface area contributed by atoms with Gasteiger partial charge in [0.25, 0.3) is 0 Å². The molecule has 2 N–H and O–H groups in total. The summed E-state index contributed by atoms with van der Waals surface area (Å²) in [5, 5.41) is 0. The minimum Gasteiger partial charge on any atom is -0.399 e. The van der Waals surface area contributed by atoms with E-state index in [9.17, 15) is 13.2 Å². The number of benzene rings is 1. The van der Waals surface area contributed by atoms with Crippen LogP contribution in [0, 0.1) is 5.41 Å². The topological polar surface area (TPSA) is 29.3 Å². The fraction of sp³-hybridized carbons (Fsp3) is 0.556. The van der Waals surface area contributed by atoms with Gasteiger partial charge in [0, 0.05) is 18.8 Å². The van der Waals surface area contributed by atoms with Gasteiger partial charge in [-0.1, -0.05) is 19.9 Å². The molecule has 1 aromatic rings. The Kier molecular flexibility index (Phi) is 4.69. The van der Waals surface area contributed by atoms with Crippen LogP contribution in [0.15, 0.2) is 24.8 Å². The van der Waals surface area contributed by atoms with Gasteiger partial charge in [-0.3, -0.25) is 0 Å². The van der Waals surface area contributed by atoms with Crippen molar-refractivity contribution in [2.24, 2.45) is 5.41 Å². The highest BCUT2D eigenvalue weighted by molar-refractivity contribution is 5.67. The van der Waals surface area contributed by atoms with Crippen molar-refractivity contribution in [1.29, 1.82) is 0 Å². The smallest absolute Gasteiger partial charge is 0.399 e. The monoisotopic (exact) mass is 326 g/mol. The molecule has 1 saturated carbocycles. The van der Waals surface area contributed by atoms with E-state index in [1.54, 1.807) is 24.1 Å². The summed E-state index contributed by atoms with van der Waals surface area (Å²) in [6.45, 7) is 7.94. The summed E-state index contributed by atoms with van der Waals surface area (Å²) in [7, 11) is 1.76. The molecule has 2 rings (SSSR count). The molecule has 128 valence electrons. The number of hydrogen-bond acceptors (Lipinski definition) is 2. The molecular formula is C18H25F3N2. The van der Waals surface area contributed by atoms with Crippen LogP contribution < -0.4 is 10.6 Å². The zero-order valence-corrected chi connectivity index (χ0v) is 14.0. The lowest BCUT2D eigenvalue weighted by atomic mass is 9.67. The maximum atomic E-state index is 13.5. The van der Waals surface area contributed by atoms with E-state index in [4.69, 9.17) is 5.73 Å². The number of nitrogens with two attached hydrogens (primary N) is 1. The van der Waals surface area contributed by atoms with Gasteiger partial charge in [0.15, 0.2) is 0 Å². The van der Waals surface area contributed by atoms with E-state index in [-0.39, 0.29) is 22.8 Å². The summed E-state index contributed by atoms with van der Waals surface area (Å²) >= 11 is 0. The summed E-state index contributed by atoms with van der Waals surface area (Å²) in [6.07, 6.45) is 0.219. The molecule has 0 amide bonds. The Morgan fingerprint density at radius 3 is 2.43 bits per heavy atom. The van der Waals surface area contributed by atoms with Crippen molar-refractivity contribution in [2.45, 2.75) is 51.7 Å². The molecule has 1 fully saturated rings. The van der Waals surface area contributed by atoms with Gasteiger partial charge in [0.1, 0.15) is 0 Å². The Morgan fingerprint density at radius 1 is 1.35 bits per heavy atom. The first-order chi connectivity index (χ1) is 10.5. The molecule has 1 aliphatic carbocycles. The fourth-order valence-electron chi connectivity index (χ4n) is 3.47. The van der Waals surface area contributed by atoms with E-state index >= 15 is 0 Å². The first-order valence-electron chi connectivity index (χ1n) is 7.88. The third kappa shape index (κ3) is 3.82. The number of alkyl halides is 3. The standard InChI is InChI=1S/C18H25F3N2/c1-5-6-7-12-8-13(22)9-15(18(19,20)21)16(12)23(4)14-10-17(2,3)11-14/h5,8-9,14H,1,6-7,10-11,22H2,2-4H3. The summed E-state index contributed by atoms with van der Waals surface area (Å²) < 4.78 is 40.6. The van der Waals surface area contributed by atoms with Crippen LogP contribution in [-0.2, 0) is 12.6 Å². The van der Waals surface area contributed by atoms with Crippen molar-refractivity contribution in [3.8, 4) is 0 Å². The van der Waals surface area contributed by atoms with Crippen molar-refractivity contribution in [3.63, 3.8) is 0 Å². The predicted molar refractivity (Wildman–Crippen MR) is 89.6 cm³/mol. The second kappa shape index (κ2) is 6.10. The maximum absolute atomic E-state index is 13.5. The Bertz CT molecular complexity index is 583. The largest absolute Gasteiger partial charge is 0.418 e. The van der Waals surface area contributed by atoms with Crippen LogP contribution in [0.3, 0.4) is 0 Å². The summed E-state index contributed by atoms with van der Waals surface area (Å²) in [6, 6.07) is 2.85. The molecular weight excluding hydrogens is 301 g/mol. The van der Waals surface area contributed by atoms with Crippen molar-refractivity contribution in [3.05, 3.63) is 35.9 Å². The van der Waals surface area contributed by atoms with Crippen molar-refractivity contribution >= 4 is 11.4 Å². The second-order valence-corrected chi connectivity index (χ2v) is 7.24. The number of nitrogen functional groups attached to an aromatic ring is 1. The maximum Gasteiger partial charge on any atom is 0.418 e. The molecule has 0 saturated heterocycles. The molecule has 5 heteroatoms. The van der Waals surface area contributed by atoms with Crippen LogP contribution in [0.5, 0.6) is 0 Å². The minimum absolute atomic E-state index is 0.136. The highest BCUT2D eigenvalue weighted by atomic mass is 19.4. The van der Waals surface area contributed by atoms with Crippen LogP contribution in [0.4, 0.5) is 24.5 Å². The summed E-state index contributed by atoms with van der Waals surface area (Å²) in [4.78, 5) is 1.80. The van der Waals surface area contributed by atoms with Crippen LogP contribution in [0.25, 0.3) is 0 Å². The quantitative estimate of drug-likeness (QED) is 0.607. The molecule has 23 heavy (non-hydrogen) atoms. The Balaban J connectivity index is 2.46. The van der Waals surface area contributed by atoms with Crippen LogP contribution in [0.2, 0.25) is 0 Å². The third-order valence-electron chi connectivity index (χ3n) is 4.61. The number of aryl methyl sites for hydroxylation is 1.